The highest BCUT2D eigenvalue weighted by Gasteiger charge is 2.20. The molecule has 0 aromatic carbocycles. The van der Waals surface area contributed by atoms with Crippen molar-refractivity contribution in [3.63, 3.8) is 0 Å². The van der Waals surface area contributed by atoms with Crippen LogP contribution < -0.4 is 5.73 Å². The van der Waals surface area contributed by atoms with Crippen molar-refractivity contribution in [3.05, 3.63) is 22.4 Å². The lowest BCUT2D eigenvalue weighted by Crippen LogP contribution is -2.07. The van der Waals surface area contributed by atoms with E-state index in [2.05, 4.69) is 26.0 Å². The lowest BCUT2D eigenvalue weighted by Gasteiger charge is -1.99. The van der Waals surface area contributed by atoms with E-state index in [0.717, 1.165) is 0 Å². The van der Waals surface area contributed by atoms with Crippen molar-refractivity contribution in [3.8, 4) is 0 Å². The zero-order chi connectivity index (χ0) is 11.7. The molecule has 2 N–H and O–H groups in total. The molecule has 7 heteroatoms. The molecule has 2 rings (SSSR count). The Morgan fingerprint density at radius 2 is 2.44 bits per heavy atom. The molecule has 0 spiro atoms. The van der Waals surface area contributed by atoms with E-state index in [4.69, 9.17) is 10.5 Å². The molecular formula is C9H9BrN4O2. The van der Waals surface area contributed by atoms with Gasteiger partial charge in [-0.2, -0.15) is 0 Å². The van der Waals surface area contributed by atoms with E-state index in [9.17, 15) is 4.79 Å². The molecule has 0 atom stereocenters. The summed E-state index contributed by atoms with van der Waals surface area (Å²) in [5, 5.41) is 3.97. The van der Waals surface area contributed by atoms with E-state index >= 15 is 0 Å². The predicted molar refractivity (Wildman–Crippen MR) is 61.1 cm³/mol. The van der Waals surface area contributed by atoms with Gasteiger partial charge in [-0.05, 0) is 28.9 Å². The Bertz CT molecular complexity index is 552. The number of aromatic nitrogens is 3. The summed E-state index contributed by atoms with van der Waals surface area (Å²) in [4.78, 5) is 15.8. The van der Waals surface area contributed by atoms with E-state index in [1.807, 2.05) is 0 Å². The number of ether oxygens (including phenoxy) is 1. The van der Waals surface area contributed by atoms with Gasteiger partial charge < -0.3 is 10.5 Å². The highest BCUT2D eigenvalue weighted by Crippen LogP contribution is 2.18. The molecule has 0 aliphatic carbocycles. The molecule has 84 valence electrons. The summed E-state index contributed by atoms with van der Waals surface area (Å²) in [5.41, 5.74) is 6.22. The molecule has 2 aromatic rings. The van der Waals surface area contributed by atoms with Gasteiger partial charge in [0, 0.05) is 6.20 Å². The van der Waals surface area contributed by atoms with E-state index in [-0.39, 0.29) is 18.0 Å². The minimum absolute atomic E-state index is 0.115. The number of hydrogen-bond acceptors (Lipinski definition) is 5. The van der Waals surface area contributed by atoms with E-state index in [1.165, 1.54) is 4.52 Å². The molecule has 0 fully saturated rings. The van der Waals surface area contributed by atoms with Crippen molar-refractivity contribution in [2.75, 3.05) is 12.3 Å². The molecule has 0 amide bonds. The summed E-state index contributed by atoms with van der Waals surface area (Å²) in [5.74, 6) is -0.398. The number of hydrogen-bond donors (Lipinski definition) is 1. The number of halogens is 1. The van der Waals surface area contributed by atoms with Crippen LogP contribution in [0.4, 0.5) is 5.82 Å². The Morgan fingerprint density at radius 3 is 3.12 bits per heavy atom. The van der Waals surface area contributed by atoms with Crippen molar-refractivity contribution >= 4 is 33.4 Å². The third-order valence-corrected chi connectivity index (χ3v) is 2.40. The Labute approximate surface area is 99.5 Å². The molecule has 2 aromatic heterocycles. The molecule has 0 aliphatic rings. The Hall–Kier alpha value is -1.63. The molecule has 0 unspecified atom stereocenters. The summed E-state index contributed by atoms with van der Waals surface area (Å²) in [6, 6.07) is 1.70. The second kappa shape index (κ2) is 4.09. The van der Waals surface area contributed by atoms with Gasteiger partial charge in [0.15, 0.2) is 11.5 Å². The number of rotatable bonds is 2. The third kappa shape index (κ3) is 1.73. The summed E-state index contributed by atoms with van der Waals surface area (Å²) >= 11 is 3.22. The monoisotopic (exact) mass is 284 g/mol. The van der Waals surface area contributed by atoms with Crippen LogP contribution in [0.15, 0.2) is 16.9 Å². The van der Waals surface area contributed by atoms with Gasteiger partial charge in [-0.1, -0.05) is 0 Å². The van der Waals surface area contributed by atoms with Gasteiger partial charge in [0.1, 0.15) is 10.2 Å². The van der Waals surface area contributed by atoms with Crippen molar-refractivity contribution in [1.82, 2.24) is 14.6 Å². The lowest BCUT2D eigenvalue weighted by molar-refractivity contribution is 0.0529. The number of esters is 1. The molecule has 0 bridgehead atoms. The van der Waals surface area contributed by atoms with Crippen LogP contribution in [-0.4, -0.2) is 27.2 Å². The van der Waals surface area contributed by atoms with Gasteiger partial charge in [0.05, 0.1) is 6.61 Å². The number of carbonyl (C=O) groups is 1. The van der Waals surface area contributed by atoms with Crippen molar-refractivity contribution < 1.29 is 9.53 Å². The highest BCUT2D eigenvalue weighted by atomic mass is 79.9. The maximum atomic E-state index is 11.6. The third-order valence-electron chi connectivity index (χ3n) is 1.96. The van der Waals surface area contributed by atoms with E-state index in [1.54, 1.807) is 19.2 Å². The Morgan fingerprint density at radius 1 is 1.69 bits per heavy atom. The number of nitrogen functional groups attached to an aromatic ring is 1. The van der Waals surface area contributed by atoms with Gasteiger partial charge in [-0.3, -0.25) is 0 Å². The quantitative estimate of drug-likeness (QED) is 0.663. The number of nitrogens with two attached hydrogens (primary N) is 1. The first-order valence-electron chi connectivity index (χ1n) is 4.61. The van der Waals surface area contributed by atoms with Crippen molar-refractivity contribution in [2.45, 2.75) is 6.92 Å². The van der Waals surface area contributed by atoms with Crippen LogP contribution in [-0.2, 0) is 4.74 Å². The maximum Gasteiger partial charge on any atom is 0.345 e. The first-order chi connectivity index (χ1) is 7.63. The van der Waals surface area contributed by atoms with Gasteiger partial charge >= 0.3 is 5.97 Å². The van der Waals surface area contributed by atoms with Crippen LogP contribution >= 0.6 is 15.9 Å². The fourth-order valence-electron chi connectivity index (χ4n) is 1.32. The largest absolute Gasteiger partial charge is 0.462 e. The average Bonchev–Trinajstić information content (AvgIpc) is 2.53. The fraction of sp³-hybridized carbons (Fsp3) is 0.222. The number of nitrogens with zero attached hydrogens (tertiary/aromatic N) is 3. The lowest BCUT2D eigenvalue weighted by atomic mass is 10.3. The SMILES string of the molecule is CCOC(=O)c1c(N)nn2ccc(Br)nc12. The highest BCUT2D eigenvalue weighted by molar-refractivity contribution is 9.10. The molecule has 16 heavy (non-hydrogen) atoms. The van der Waals surface area contributed by atoms with Gasteiger partial charge in [0.25, 0.3) is 0 Å². The zero-order valence-corrected chi connectivity index (χ0v) is 10.1. The Kier molecular flexibility index (Phi) is 2.78. The van der Waals surface area contributed by atoms with Gasteiger partial charge in [-0.15, -0.1) is 5.10 Å². The molecule has 0 saturated heterocycles. The summed E-state index contributed by atoms with van der Waals surface area (Å²) in [6.45, 7) is 2.01. The maximum absolute atomic E-state index is 11.6. The Balaban J connectivity index is 2.62. The summed E-state index contributed by atoms with van der Waals surface area (Å²) in [6.07, 6.45) is 1.66. The fourth-order valence-corrected chi connectivity index (χ4v) is 1.61. The van der Waals surface area contributed by atoms with Crippen LogP contribution in [0.2, 0.25) is 0 Å². The number of carbonyl (C=O) groups excluding carboxylic acids is 1. The summed E-state index contributed by atoms with van der Waals surface area (Å²) < 4.78 is 6.93. The van der Waals surface area contributed by atoms with Gasteiger partial charge in [0.2, 0.25) is 0 Å². The average molecular weight is 285 g/mol. The van der Waals surface area contributed by atoms with E-state index < -0.39 is 5.97 Å². The minimum Gasteiger partial charge on any atom is -0.462 e. The normalized spacial score (nSPS) is 10.6. The minimum atomic E-state index is -0.513. The first kappa shape index (κ1) is 10.9. The molecule has 2 heterocycles. The van der Waals surface area contributed by atoms with Gasteiger partial charge in [-0.25, -0.2) is 14.3 Å². The van der Waals surface area contributed by atoms with Crippen LogP contribution in [0, 0.1) is 0 Å². The molecule has 0 saturated carbocycles. The number of fused-ring (bicyclic) bond motifs is 1. The van der Waals surface area contributed by atoms with Crippen LogP contribution in [0.1, 0.15) is 17.3 Å². The zero-order valence-electron chi connectivity index (χ0n) is 8.48. The number of anilines is 1. The topological polar surface area (TPSA) is 82.5 Å². The van der Waals surface area contributed by atoms with Crippen molar-refractivity contribution in [1.29, 1.82) is 0 Å². The predicted octanol–water partition coefficient (Wildman–Crippen LogP) is 1.25. The van der Waals surface area contributed by atoms with E-state index in [0.29, 0.717) is 10.3 Å². The molecule has 0 aliphatic heterocycles. The van der Waals surface area contributed by atoms with Crippen LogP contribution in [0.25, 0.3) is 5.65 Å². The van der Waals surface area contributed by atoms with Crippen LogP contribution in [0.5, 0.6) is 0 Å². The van der Waals surface area contributed by atoms with Crippen molar-refractivity contribution in [2.24, 2.45) is 0 Å². The molecule has 0 radical (unpaired) electrons. The summed E-state index contributed by atoms with van der Waals surface area (Å²) in [7, 11) is 0. The standard InChI is InChI=1S/C9H9BrN4O2/c1-2-16-9(15)6-7(11)13-14-4-3-5(10)12-8(6)14/h3-4H,2H2,1H3,(H2,11,13). The molecule has 6 nitrogen and oxygen atoms in total. The second-order valence-electron chi connectivity index (χ2n) is 3.00. The molecular weight excluding hydrogens is 276 g/mol. The van der Waals surface area contributed by atoms with Crippen LogP contribution in [0.3, 0.4) is 0 Å². The first-order valence-corrected chi connectivity index (χ1v) is 5.40. The second-order valence-corrected chi connectivity index (χ2v) is 3.81. The smallest absolute Gasteiger partial charge is 0.345 e.